The molecule has 0 unspecified atom stereocenters. The number of amides is 1. The van der Waals surface area contributed by atoms with Crippen LogP contribution < -0.4 is 0 Å². The van der Waals surface area contributed by atoms with Crippen LogP contribution in [-0.4, -0.2) is 33.5 Å². The van der Waals surface area contributed by atoms with Crippen molar-refractivity contribution in [2.75, 3.05) is 6.54 Å². The first-order chi connectivity index (χ1) is 11.7. The van der Waals surface area contributed by atoms with Gasteiger partial charge in [-0.1, -0.05) is 19.1 Å². The minimum Gasteiger partial charge on any atom is -0.508 e. The van der Waals surface area contributed by atoms with E-state index in [1.165, 1.54) is 12.0 Å². The van der Waals surface area contributed by atoms with Crippen molar-refractivity contribution >= 4 is 5.91 Å². The molecule has 128 valence electrons. The molecule has 0 saturated carbocycles. The van der Waals surface area contributed by atoms with Gasteiger partial charge in [0.05, 0.1) is 0 Å². The molecule has 3 rings (SSSR count). The molecule has 1 aliphatic heterocycles. The predicted octanol–water partition coefficient (Wildman–Crippen LogP) is 3.91. The fraction of sp³-hybridized carbons (Fsp3) is 0.450. The Morgan fingerprint density at radius 2 is 2.00 bits per heavy atom. The average molecular weight is 326 g/mol. The zero-order chi connectivity index (χ0) is 16.9. The quantitative estimate of drug-likeness (QED) is 0.875. The maximum Gasteiger partial charge on any atom is 0.270 e. The van der Waals surface area contributed by atoms with E-state index < -0.39 is 0 Å². The summed E-state index contributed by atoms with van der Waals surface area (Å²) in [5.74, 6) is 0.428. The van der Waals surface area contributed by atoms with Gasteiger partial charge in [0.2, 0.25) is 0 Å². The van der Waals surface area contributed by atoms with Crippen LogP contribution in [0.4, 0.5) is 0 Å². The Hall–Kier alpha value is -2.23. The summed E-state index contributed by atoms with van der Waals surface area (Å²) in [6.07, 6.45) is 6.16. The molecule has 0 radical (unpaired) electrons. The van der Waals surface area contributed by atoms with Gasteiger partial charge in [-0.2, -0.15) is 0 Å². The van der Waals surface area contributed by atoms with E-state index in [4.69, 9.17) is 0 Å². The first-order valence-corrected chi connectivity index (χ1v) is 8.94. The molecular weight excluding hydrogens is 300 g/mol. The number of H-pyrrole nitrogens is 1. The normalized spacial score (nSPS) is 17.9. The molecule has 0 aliphatic carbocycles. The topological polar surface area (TPSA) is 56.3 Å². The summed E-state index contributed by atoms with van der Waals surface area (Å²) in [6.45, 7) is 2.93. The van der Waals surface area contributed by atoms with Crippen LogP contribution in [0, 0.1) is 0 Å². The van der Waals surface area contributed by atoms with Gasteiger partial charge in [-0.05, 0) is 68.4 Å². The number of nitrogens with one attached hydrogen (secondary N) is 1. The average Bonchev–Trinajstić information content (AvgIpc) is 3.10. The molecule has 2 N–H and O–H groups in total. The van der Waals surface area contributed by atoms with Gasteiger partial charge < -0.3 is 15.0 Å². The third-order valence-corrected chi connectivity index (χ3v) is 4.95. The molecule has 4 nitrogen and oxygen atoms in total. The fourth-order valence-electron chi connectivity index (χ4n) is 3.49. The summed E-state index contributed by atoms with van der Waals surface area (Å²) in [5.41, 5.74) is 3.03. The van der Waals surface area contributed by atoms with E-state index in [-0.39, 0.29) is 5.91 Å². The van der Waals surface area contributed by atoms with Crippen molar-refractivity contribution in [2.24, 2.45) is 0 Å². The number of aromatic nitrogens is 1. The van der Waals surface area contributed by atoms with Gasteiger partial charge in [0, 0.05) is 18.3 Å². The summed E-state index contributed by atoms with van der Waals surface area (Å²) < 4.78 is 0. The van der Waals surface area contributed by atoms with Crippen LogP contribution in [0.2, 0.25) is 0 Å². The van der Waals surface area contributed by atoms with Crippen molar-refractivity contribution in [3.63, 3.8) is 0 Å². The molecule has 24 heavy (non-hydrogen) atoms. The highest BCUT2D eigenvalue weighted by atomic mass is 16.3. The summed E-state index contributed by atoms with van der Waals surface area (Å²) in [7, 11) is 0. The Balaban J connectivity index is 1.66. The minimum absolute atomic E-state index is 0.130. The number of benzene rings is 1. The molecule has 1 saturated heterocycles. The summed E-state index contributed by atoms with van der Waals surface area (Å²) in [5, 5.41) is 9.38. The SMILES string of the molecule is CCc1ccc(C(=O)N2CCCC[C@H]2CCc2ccc(O)cc2)[nH]1. The monoisotopic (exact) mass is 326 g/mol. The smallest absolute Gasteiger partial charge is 0.270 e. The molecule has 2 aromatic rings. The number of rotatable bonds is 5. The maximum absolute atomic E-state index is 12.9. The number of carbonyl (C=O) groups is 1. The summed E-state index contributed by atoms with van der Waals surface area (Å²) in [4.78, 5) is 18.1. The van der Waals surface area contributed by atoms with Crippen molar-refractivity contribution in [3.8, 4) is 5.75 Å². The standard InChI is InChI=1S/C20H26N2O2/c1-2-16-9-13-19(21-16)20(24)22-14-4-3-5-17(22)10-6-15-7-11-18(23)12-8-15/h7-9,11-13,17,21,23H,2-6,10,14H2,1H3/t17-/m0/s1. The van der Waals surface area contributed by atoms with Crippen LogP contribution in [0.25, 0.3) is 0 Å². The first-order valence-electron chi connectivity index (χ1n) is 8.94. The highest BCUT2D eigenvalue weighted by Gasteiger charge is 2.27. The molecule has 0 bridgehead atoms. The molecule has 2 heterocycles. The van der Waals surface area contributed by atoms with Crippen LogP contribution in [0.3, 0.4) is 0 Å². The van der Waals surface area contributed by atoms with Crippen LogP contribution in [0.15, 0.2) is 36.4 Å². The molecule has 1 amide bonds. The summed E-state index contributed by atoms with van der Waals surface area (Å²) >= 11 is 0. The van der Waals surface area contributed by atoms with Crippen LogP contribution in [0.5, 0.6) is 5.75 Å². The van der Waals surface area contributed by atoms with E-state index in [0.29, 0.717) is 17.5 Å². The van der Waals surface area contributed by atoms with Gasteiger partial charge in [0.15, 0.2) is 0 Å². The number of likely N-dealkylation sites (tertiary alicyclic amines) is 1. The lowest BCUT2D eigenvalue weighted by atomic mass is 9.95. The van der Waals surface area contributed by atoms with E-state index in [9.17, 15) is 9.90 Å². The number of phenols is 1. The lowest BCUT2D eigenvalue weighted by Gasteiger charge is -2.35. The number of aromatic amines is 1. The lowest BCUT2D eigenvalue weighted by molar-refractivity contribution is 0.0596. The lowest BCUT2D eigenvalue weighted by Crippen LogP contribution is -2.44. The van der Waals surface area contributed by atoms with Gasteiger partial charge >= 0.3 is 0 Å². The van der Waals surface area contributed by atoms with Crippen molar-refractivity contribution in [1.82, 2.24) is 9.88 Å². The van der Waals surface area contributed by atoms with Gasteiger partial charge in [-0.3, -0.25) is 4.79 Å². The van der Waals surface area contributed by atoms with Crippen LogP contribution in [-0.2, 0) is 12.8 Å². The van der Waals surface area contributed by atoms with Crippen LogP contribution >= 0.6 is 0 Å². The predicted molar refractivity (Wildman–Crippen MR) is 95.3 cm³/mol. The van der Waals surface area contributed by atoms with Gasteiger partial charge in [0.1, 0.15) is 11.4 Å². The van der Waals surface area contributed by atoms with Crippen LogP contribution in [0.1, 0.15) is 54.4 Å². The Morgan fingerprint density at radius 1 is 1.21 bits per heavy atom. The Labute approximate surface area is 143 Å². The fourth-order valence-corrected chi connectivity index (χ4v) is 3.49. The van der Waals surface area contributed by atoms with E-state index in [1.807, 2.05) is 24.3 Å². The Morgan fingerprint density at radius 3 is 2.71 bits per heavy atom. The second kappa shape index (κ2) is 7.56. The third-order valence-electron chi connectivity index (χ3n) is 4.95. The summed E-state index contributed by atoms with van der Waals surface area (Å²) in [6, 6.07) is 11.6. The number of nitrogens with zero attached hydrogens (tertiary/aromatic N) is 1. The highest BCUT2D eigenvalue weighted by Crippen LogP contribution is 2.24. The van der Waals surface area contributed by atoms with Crippen molar-refractivity contribution < 1.29 is 9.90 Å². The van der Waals surface area contributed by atoms with Gasteiger partial charge in [0.25, 0.3) is 5.91 Å². The van der Waals surface area contributed by atoms with Crippen molar-refractivity contribution in [1.29, 1.82) is 0 Å². The van der Waals surface area contributed by atoms with E-state index in [0.717, 1.165) is 44.3 Å². The zero-order valence-electron chi connectivity index (χ0n) is 14.3. The largest absolute Gasteiger partial charge is 0.508 e. The zero-order valence-corrected chi connectivity index (χ0v) is 14.3. The first kappa shape index (κ1) is 16.6. The third kappa shape index (κ3) is 3.81. The second-order valence-electron chi connectivity index (χ2n) is 6.60. The molecule has 1 fully saturated rings. The number of aryl methyl sites for hydroxylation is 2. The Bertz CT molecular complexity index is 675. The van der Waals surface area contributed by atoms with Gasteiger partial charge in [-0.25, -0.2) is 0 Å². The van der Waals surface area contributed by atoms with E-state index in [2.05, 4.69) is 16.8 Å². The number of carbonyl (C=O) groups excluding carboxylic acids is 1. The number of phenolic OH excluding ortho intramolecular Hbond substituents is 1. The molecular formula is C20H26N2O2. The van der Waals surface area contributed by atoms with Crippen molar-refractivity contribution in [2.45, 2.75) is 51.5 Å². The molecule has 1 aliphatic rings. The Kier molecular flexibility index (Phi) is 5.24. The molecule has 1 atom stereocenters. The molecule has 1 aromatic carbocycles. The molecule has 0 spiro atoms. The second-order valence-corrected chi connectivity index (χ2v) is 6.60. The molecule has 1 aromatic heterocycles. The maximum atomic E-state index is 12.9. The molecule has 4 heteroatoms. The number of piperidine rings is 1. The number of aromatic hydroxyl groups is 1. The number of hydrogen-bond donors (Lipinski definition) is 2. The minimum atomic E-state index is 0.130. The number of hydrogen-bond acceptors (Lipinski definition) is 2. The van der Waals surface area contributed by atoms with E-state index >= 15 is 0 Å². The van der Waals surface area contributed by atoms with Crippen molar-refractivity contribution in [3.05, 3.63) is 53.3 Å². The van der Waals surface area contributed by atoms with E-state index in [1.54, 1.807) is 12.1 Å². The highest BCUT2D eigenvalue weighted by molar-refractivity contribution is 5.92. The van der Waals surface area contributed by atoms with Gasteiger partial charge in [-0.15, -0.1) is 0 Å².